The molecule has 0 aliphatic carbocycles. The number of aryl methyl sites for hydroxylation is 1. The summed E-state index contributed by atoms with van der Waals surface area (Å²) in [4.78, 5) is 48.2. The van der Waals surface area contributed by atoms with Crippen LogP contribution >= 0.6 is 0 Å². The number of carbonyl (C=O) groups is 1. The van der Waals surface area contributed by atoms with Gasteiger partial charge < -0.3 is 37.4 Å². The van der Waals surface area contributed by atoms with Crippen molar-refractivity contribution in [3.8, 4) is 69.1 Å². The van der Waals surface area contributed by atoms with Gasteiger partial charge in [0.1, 0.15) is 59.1 Å². The van der Waals surface area contributed by atoms with Crippen LogP contribution in [0.15, 0.2) is 77.3 Å². The second kappa shape index (κ2) is 13.2. The third kappa shape index (κ3) is 6.21. The molecule has 0 aromatic carbocycles. The van der Waals surface area contributed by atoms with Gasteiger partial charge in [0.05, 0.1) is 18.0 Å². The predicted molar refractivity (Wildman–Crippen MR) is 178 cm³/mol. The van der Waals surface area contributed by atoms with E-state index in [9.17, 15) is 9.90 Å². The van der Waals surface area contributed by atoms with E-state index in [0.717, 1.165) is 6.42 Å². The van der Waals surface area contributed by atoms with Crippen molar-refractivity contribution in [1.82, 2.24) is 45.1 Å². The second-order valence-corrected chi connectivity index (χ2v) is 12.1. The van der Waals surface area contributed by atoms with Gasteiger partial charge in [0.25, 0.3) is 5.91 Å². The van der Waals surface area contributed by atoms with E-state index in [1.807, 2.05) is 25.9 Å². The van der Waals surface area contributed by atoms with Gasteiger partial charge in [-0.2, -0.15) is 0 Å². The zero-order valence-electron chi connectivity index (χ0n) is 27.8. The molecule has 51 heavy (non-hydrogen) atoms. The summed E-state index contributed by atoms with van der Waals surface area (Å²) < 4.78 is 29.7. The summed E-state index contributed by atoms with van der Waals surface area (Å²) in [5, 5.41) is 13.1. The quantitative estimate of drug-likeness (QED) is 0.228. The molecule has 8 rings (SSSR count). The van der Waals surface area contributed by atoms with Crippen molar-refractivity contribution in [1.29, 1.82) is 0 Å². The van der Waals surface area contributed by atoms with Gasteiger partial charge in [-0.3, -0.25) is 4.79 Å². The largest absolute Gasteiger partial charge is 0.446 e. The predicted octanol–water partition coefficient (Wildman–Crippen LogP) is 5.25. The molecule has 1 amide bonds. The number of oxazole rings is 5. The maximum atomic E-state index is 13.7. The first kappa shape index (κ1) is 32.0. The summed E-state index contributed by atoms with van der Waals surface area (Å²) in [6.07, 6.45) is 6.06. The first-order chi connectivity index (χ1) is 24.9. The Labute approximate surface area is 289 Å². The minimum atomic E-state index is -0.999. The number of aliphatic hydroxyl groups is 1. The van der Waals surface area contributed by atoms with E-state index >= 15 is 0 Å². The molecule has 0 radical (unpaired) electrons. The lowest BCUT2D eigenvalue weighted by Gasteiger charge is -2.12. The highest BCUT2D eigenvalue weighted by molar-refractivity contribution is 5.94. The molecule has 16 nitrogen and oxygen atoms in total. The monoisotopic (exact) mass is 689 g/mol. The summed E-state index contributed by atoms with van der Waals surface area (Å²) in [6, 6.07) is 9.56. The number of likely N-dealkylation sites (N-methyl/N-ethyl adjacent to an activating group) is 1. The molecule has 1 unspecified atom stereocenters. The lowest BCUT2D eigenvalue weighted by Crippen LogP contribution is -2.32. The molecule has 16 heteroatoms. The molecule has 1 atom stereocenters. The second-order valence-electron chi connectivity index (χ2n) is 12.1. The Bertz CT molecular complexity index is 2350. The lowest BCUT2D eigenvalue weighted by molar-refractivity contribution is 0.0898. The van der Waals surface area contributed by atoms with Crippen molar-refractivity contribution < 1.29 is 32.0 Å². The highest BCUT2D eigenvalue weighted by Gasteiger charge is 2.28. The number of rotatable bonds is 6. The van der Waals surface area contributed by atoms with Crippen LogP contribution in [0.3, 0.4) is 0 Å². The Morgan fingerprint density at radius 3 is 1.94 bits per heavy atom. The molecular formula is C35H31N9O7. The lowest BCUT2D eigenvalue weighted by atomic mass is 10.2. The fourth-order valence-electron chi connectivity index (χ4n) is 5.52. The van der Waals surface area contributed by atoms with Gasteiger partial charge in [-0.25, -0.2) is 34.9 Å². The highest BCUT2D eigenvalue weighted by Crippen LogP contribution is 2.33. The van der Waals surface area contributed by atoms with Crippen LogP contribution in [-0.4, -0.2) is 78.0 Å². The number of hydrogen-bond donors (Lipinski definition) is 2. The van der Waals surface area contributed by atoms with Crippen molar-refractivity contribution in [3.05, 3.63) is 78.3 Å². The molecule has 0 spiro atoms. The molecule has 1 aliphatic rings. The van der Waals surface area contributed by atoms with E-state index in [4.69, 9.17) is 37.0 Å². The maximum absolute atomic E-state index is 13.7. The normalized spacial score (nSPS) is 14.1. The van der Waals surface area contributed by atoms with Gasteiger partial charge in [0.2, 0.25) is 29.5 Å². The van der Waals surface area contributed by atoms with Crippen molar-refractivity contribution in [3.63, 3.8) is 0 Å². The Balaban J connectivity index is 1.26. The first-order valence-electron chi connectivity index (χ1n) is 16.3. The van der Waals surface area contributed by atoms with Gasteiger partial charge >= 0.3 is 0 Å². The number of nitrogens with zero attached hydrogens (tertiary/aromatic N) is 8. The van der Waals surface area contributed by atoms with E-state index in [1.54, 1.807) is 36.4 Å². The standard InChI is InChI=1S/C35H31N9O7/c1-4-7-26-29-35-41-25(17-49-35)32-40-24(16-48-32)19-9-5-10-20(36-19)33-42-28(27(51-33)12-13-44(2)3)30(46)38-22(14-45)31-39-23(15-47-31)18-8-6-11-21(37-18)34(43-29)50-26/h5-6,8-11,15-17,22,45H,4,7,12-14H2,1-3H3,(H,38,46). The zero-order chi connectivity index (χ0) is 35.1. The number of aliphatic hydroxyl groups excluding tert-OH is 1. The molecule has 0 saturated heterocycles. The Morgan fingerprint density at radius 1 is 0.667 bits per heavy atom. The fraction of sp³-hybridized carbons (Fsp3) is 0.257. The molecule has 14 bridgehead atoms. The Kier molecular flexibility index (Phi) is 8.29. The van der Waals surface area contributed by atoms with Gasteiger partial charge in [0, 0.05) is 19.4 Å². The number of carbonyl (C=O) groups excluding carboxylic acids is 1. The van der Waals surface area contributed by atoms with Crippen LogP contribution in [0.25, 0.3) is 69.1 Å². The number of nitrogens with one attached hydrogen (secondary N) is 1. The minimum absolute atomic E-state index is 0.0476. The summed E-state index contributed by atoms with van der Waals surface area (Å²) in [5.41, 5.74) is 3.38. The average molecular weight is 690 g/mol. The number of fused-ring (bicyclic) bond motifs is 20. The highest BCUT2D eigenvalue weighted by atomic mass is 16.4. The summed E-state index contributed by atoms with van der Waals surface area (Å²) in [7, 11) is 3.83. The average Bonchev–Trinajstić information content (AvgIpc) is 3.98. The van der Waals surface area contributed by atoms with Gasteiger partial charge in [-0.15, -0.1) is 0 Å². The molecule has 0 saturated carbocycles. The van der Waals surface area contributed by atoms with Crippen LogP contribution in [-0.2, 0) is 12.8 Å². The molecule has 7 aromatic rings. The van der Waals surface area contributed by atoms with Crippen LogP contribution in [0.5, 0.6) is 0 Å². The number of aromatic nitrogens is 7. The van der Waals surface area contributed by atoms with Crippen molar-refractivity contribution in [2.45, 2.75) is 32.2 Å². The molecule has 2 N–H and O–H groups in total. The zero-order valence-corrected chi connectivity index (χ0v) is 27.8. The van der Waals surface area contributed by atoms with Crippen LogP contribution in [0.4, 0.5) is 0 Å². The number of amides is 1. The topological polar surface area (TPSA) is 208 Å². The molecule has 258 valence electrons. The Hall–Kier alpha value is -6.26. The third-order valence-corrected chi connectivity index (χ3v) is 8.07. The SMILES string of the molecule is CCCc1oc2nc1-c1nc(co1)-c1nc(co1)-c1cccc(n1)-c1nc(c(CCN(C)C)o1)C(=O)NC(CO)c1nc(co1)-c1cccc-2n1. The minimum Gasteiger partial charge on any atom is -0.446 e. The van der Waals surface area contributed by atoms with Gasteiger partial charge in [-0.05, 0) is 44.8 Å². The third-order valence-electron chi connectivity index (χ3n) is 8.07. The molecular weight excluding hydrogens is 658 g/mol. The number of hydrogen-bond acceptors (Lipinski definition) is 15. The van der Waals surface area contributed by atoms with Crippen molar-refractivity contribution >= 4 is 5.91 Å². The van der Waals surface area contributed by atoms with Crippen LogP contribution in [0.2, 0.25) is 0 Å². The van der Waals surface area contributed by atoms with Crippen LogP contribution < -0.4 is 5.32 Å². The van der Waals surface area contributed by atoms with Crippen molar-refractivity contribution in [2.75, 3.05) is 27.2 Å². The van der Waals surface area contributed by atoms with Gasteiger partial charge in [0.15, 0.2) is 17.1 Å². The Morgan fingerprint density at radius 2 is 1.25 bits per heavy atom. The molecule has 1 aliphatic heterocycles. The molecule has 0 fully saturated rings. The summed E-state index contributed by atoms with van der Waals surface area (Å²) >= 11 is 0. The van der Waals surface area contributed by atoms with Crippen molar-refractivity contribution in [2.24, 2.45) is 0 Å². The van der Waals surface area contributed by atoms with Crippen LogP contribution in [0, 0.1) is 0 Å². The summed E-state index contributed by atoms with van der Waals surface area (Å²) in [6.45, 7) is 2.11. The fourth-order valence-corrected chi connectivity index (χ4v) is 5.52. The van der Waals surface area contributed by atoms with E-state index in [2.05, 4.69) is 25.3 Å². The first-order valence-corrected chi connectivity index (χ1v) is 16.3. The number of pyridine rings is 2. The molecule has 7 aromatic heterocycles. The van der Waals surface area contributed by atoms with E-state index < -0.39 is 18.6 Å². The van der Waals surface area contributed by atoms with Crippen LogP contribution in [0.1, 0.15) is 47.3 Å². The summed E-state index contributed by atoms with van der Waals surface area (Å²) in [5.74, 6) is 1.26. The molecule has 8 heterocycles. The smallest absolute Gasteiger partial charge is 0.274 e. The van der Waals surface area contributed by atoms with E-state index in [-0.39, 0.29) is 35.1 Å². The van der Waals surface area contributed by atoms with Gasteiger partial charge in [-0.1, -0.05) is 19.1 Å². The van der Waals surface area contributed by atoms with E-state index in [1.165, 1.54) is 18.8 Å². The van der Waals surface area contributed by atoms with E-state index in [0.29, 0.717) is 76.5 Å². The maximum Gasteiger partial charge on any atom is 0.274 e.